The molecule has 0 unspecified atom stereocenters. The van der Waals surface area contributed by atoms with Crippen LogP contribution in [0.5, 0.6) is 0 Å². The van der Waals surface area contributed by atoms with Gasteiger partial charge < -0.3 is 11.1 Å². The van der Waals surface area contributed by atoms with Gasteiger partial charge in [0.15, 0.2) is 0 Å². The third-order valence-corrected chi connectivity index (χ3v) is 3.78. The average molecular weight is 303 g/mol. The van der Waals surface area contributed by atoms with Crippen LogP contribution in [0.2, 0.25) is 0 Å². The van der Waals surface area contributed by atoms with Crippen LogP contribution < -0.4 is 11.1 Å². The quantitative estimate of drug-likeness (QED) is 0.638. The molecule has 3 rings (SSSR count). The number of nitro groups is 1. The summed E-state index contributed by atoms with van der Waals surface area (Å²) in [5, 5.41) is 18.2. The van der Waals surface area contributed by atoms with Crippen molar-refractivity contribution in [1.82, 2.24) is 19.7 Å². The number of anilines is 2. The molecule has 1 aliphatic carbocycles. The Labute approximate surface area is 126 Å². The first-order valence-corrected chi connectivity index (χ1v) is 7.18. The molecule has 0 aliphatic heterocycles. The lowest BCUT2D eigenvalue weighted by Gasteiger charge is -2.09. The molecule has 2 aromatic heterocycles. The number of nitrogens with zero attached hydrogens (tertiary/aromatic N) is 5. The highest BCUT2D eigenvalue weighted by atomic mass is 16.6. The smallest absolute Gasteiger partial charge is 0.329 e. The second-order valence-corrected chi connectivity index (χ2v) is 5.30. The topological polar surface area (TPSA) is 125 Å². The summed E-state index contributed by atoms with van der Waals surface area (Å²) >= 11 is 0. The molecule has 2 aromatic rings. The monoisotopic (exact) mass is 303 g/mol. The number of rotatable bonds is 5. The van der Waals surface area contributed by atoms with E-state index in [0.29, 0.717) is 12.6 Å². The lowest BCUT2D eigenvalue weighted by molar-refractivity contribution is -0.384. The van der Waals surface area contributed by atoms with Crippen molar-refractivity contribution in [1.29, 1.82) is 0 Å². The molecule has 22 heavy (non-hydrogen) atoms. The van der Waals surface area contributed by atoms with E-state index in [-0.39, 0.29) is 17.5 Å². The molecule has 1 fully saturated rings. The van der Waals surface area contributed by atoms with Crippen LogP contribution in [0.1, 0.15) is 37.4 Å². The van der Waals surface area contributed by atoms with Crippen LogP contribution in [0.3, 0.4) is 0 Å². The first kappa shape index (κ1) is 14.2. The lowest BCUT2D eigenvalue weighted by atomic mass is 10.3. The summed E-state index contributed by atoms with van der Waals surface area (Å²) in [7, 11) is 0. The van der Waals surface area contributed by atoms with Crippen molar-refractivity contribution in [2.75, 3.05) is 11.1 Å². The zero-order valence-electron chi connectivity index (χ0n) is 12.0. The number of aromatic nitrogens is 4. The molecule has 2 heterocycles. The van der Waals surface area contributed by atoms with Crippen molar-refractivity contribution >= 4 is 17.5 Å². The molecule has 3 N–H and O–H groups in total. The molecule has 0 saturated heterocycles. The Morgan fingerprint density at radius 1 is 1.45 bits per heavy atom. The minimum atomic E-state index is -0.609. The molecule has 0 radical (unpaired) electrons. The van der Waals surface area contributed by atoms with Crippen LogP contribution in [0.25, 0.3) is 0 Å². The maximum absolute atomic E-state index is 10.7. The maximum Gasteiger partial charge on any atom is 0.329 e. The summed E-state index contributed by atoms with van der Waals surface area (Å²) < 4.78 is 2.01. The van der Waals surface area contributed by atoms with Gasteiger partial charge in [-0.05, 0) is 18.9 Å². The zero-order valence-corrected chi connectivity index (χ0v) is 12.0. The van der Waals surface area contributed by atoms with E-state index in [0.717, 1.165) is 11.9 Å². The summed E-state index contributed by atoms with van der Waals surface area (Å²) in [5.74, 6) is 0.0949. The first-order valence-electron chi connectivity index (χ1n) is 7.18. The molecule has 9 nitrogen and oxygen atoms in total. The first-order chi connectivity index (χ1) is 10.6. The summed E-state index contributed by atoms with van der Waals surface area (Å²) in [4.78, 5) is 17.8. The van der Waals surface area contributed by atoms with Gasteiger partial charge in [-0.1, -0.05) is 12.8 Å². The summed E-state index contributed by atoms with van der Waals surface area (Å²) in [6, 6.07) is 2.44. The van der Waals surface area contributed by atoms with E-state index >= 15 is 0 Å². The number of hydrogen-bond donors (Lipinski definition) is 2. The zero-order chi connectivity index (χ0) is 15.5. The van der Waals surface area contributed by atoms with Gasteiger partial charge in [-0.25, -0.2) is 4.98 Å². The second kappa shape index (κ2) is 5.96. The van der Waals surface area contributed by atoms with Crippen molar-refractivity contribution in [3.8, 4) is 0 Å². The Hall–Kier alpha value is -2.71. The Morgan fingerprint density at radius 2 is 2.23 bits per heavy atom. The molecule has 0 bridgehead atoms. The molecule has 9 heteroatoms. The van der Waals surface area contributed by atoms with Gasteiger partial charge in [0, 0.05) is 6.20 Å². The highest BCUT2D eigenvalue weighted by Crippen LogP contribution is 2.28. The van der Waals surface area contributed by atoms with Crippen LogP contribution in [0, 0.1) is 10.1 Å². The normalized spacial score (nSPS) is 15.1. The third kappa shape index (κ3) is 2.97. The molecule has 0 spiro atoms. The van der Waals surface area contributed by atoms with Gasteiger partial charge in [0.2, 0.25) is 11.8 Å². The average Bonchev–Trinajstić information content (AvgIpc) is 3.16. The fraction of sp³-hybridized carbons (Fsp3) is 0.462. The molecule has 116 valence electrons. The summed E-state index contributed by atoms with van der Waals surface area (Å²) in [6.45, 7) is 0.441. The van der Waals surface area contributed by atoms with E-state index in [4.69, 9.17) is 5.73 Å². The van der Waals surface area contributed by atoms with E-state index < -0.39 is 4.92 Å². The van der Waals surface area contributed by atoms with Gasteiger partial charge in [0.25, 0.3) is 0 Å². The molecule has 1 saturated carbocycles. The van der Waals surface area contributed by atoms with E-state index in [9.17, 15) is 10.1 Å². The Morgan fingerprint density at radius 3 is 2.91 bits per heavy atom. The standard InChI is InChI=1S/C13H17N7O2/c14-12-11(20(21)22)8-16-13(17-12)15-7-9-5-6-19(18-9)10-3-1-2-4-10/h5-6,8,10H,1-4,7H2,(H3,14,15,16,17). The van der Waals surface area contributed by atoms with Gasteiger partial charge in [0.1, 0.15) is 6.20 Å². The highest BCUT2D eigenvalue weighted by molar-refractivity contribution is 5.53. The van der Waals surface area contributed by atoms with Crippen LogP contribution in [0.15, 0.2) is 18.5 Å². The number of nitrogen functional groups attached to an aromatic ring is 1. The highest BCUT2D eigenvalue weighted by Gasteiger charge is 2.18. The van der Waals surface area contributed by atoms with Gasteiger partial charge in [0.05, 0.1) is 23.2 Å². The van der Waals surface area contributed by atoms with E-state index in [2.05, 4.69) is 20.4 Å². The number of hydrogen-bond acceptors (Lipinski definition) is 7. The predicted molar refractivity (Wildman–Crippen MR) is 80.2 cm³/mol. The minimum Gasteiger partial charge on any atom is -0.378 e. The van der Waals surface area contributed by atoms with Crippen LogP contribution >= 0.6 is 0 Å². The Kier molecular flexibility index (Phi) is 3.86. The largest absolute Gasteiger partial charge is 0.378 e. The third-order valence-electron chi connectivity index (χ3n) is 3.78. The van der Waals surface area contributed by atoms with Crippen molar-refractivity contribution in [3.05, 3.63) is 34.3 Å². The number of nitrogens with one attached hydrogen (secondary N) is 1. The lowest BCUT2D eigenvalue weighted by Crippen LogP contribution is -2.09. The molecular weight excluding hydrogens is 286 g/mol. The SMILES string of the molecule is Nc1nc(NCc2ccn(C3CCCC3)n2)ncc1[N+](=O)[O-]. The van der Waals surface area contributed by atoms with E-state index in [1.807, 2.05) is 16.9 Å². The number of nitrogens with two attached hydrogens (primary N) is 1. The predicted octanol–water partition coefficient (Wildman–Crippen LogP) is 1.89. The van der Waals surface area contributed by atoms with Crippen LogP contribution in [-0.2, 0) is 6.54 Å². The molecule has 0 atom stereocenters. The van der Waals surface area contributed by atoms with Gasteiger partial charge in [-0.15, -0.1) is 0 Å². The molecular formula is C13H17N7O2. The molecule has 0 amide bonds. The van der Waals surface area contributed by atoms with E-state index in [1.165, 1.54) is 25.7 Å². The Balaban J connectivity index is 1.62. The molecule has 0 aromatic carbocycles. The van der Waals surface area contributed by atoms with Crippen LogP contribution in [-0.4, -0.2) is 24.7 Å². The summed E-state index contributed by atoms with van der Waals surface area (Å²) in [6.07, 6.45) is 7.95. The van der Waals surface area contributed by atoms with Crippen LogP contribution in [0.4, 0.5) is 17.5 Å². The van der Waals surface area contributed by atoms with Gasteiger partial charge in [-0.2, -0.15) is 10.1 Å². The van der Waals surface area contributed by atoms with Crippen molar-refractivity contribution < 1.29 is 4.92 Å². The van der Waals surface area contributed by atoms with Gasteiger partial charge in [-0.3, -0.25) is 14.8 Å². The van der Waals surface area contributed by atoms with Crippen molar-refractivity contribution in [3.63, 3.8) is 0 Å². The van der Waals surface area contributed by atoms with Gasteiger partial charge >= 0.3 is 5.69 Å². The second-order valence-electron chi connectivity index (χ2n) is 5.30. The molecule has 1 aliphatic rings. The van der Waals surface area contributed by atoms with E-state index in [1.54, 1.807) is 0 Å². The fourth-order valence-electron chi connectivity index (χ4n) is 2.63. The van der Waals surface area contributed by atoms with Crippen molar-refractivity contribution in [2.45, 2.75) is 38.3 Å². The Bertz CT molecular complexity index is 679. The maximum atomic E-state index is 10.7. The minimum absolute atomic E-state index is 0.154. The summed E-state index contributed by atoms with van der Waals surface area (Å²) in [5.41, 5.74) is 6.10. The van der Waals surface area contributed by atoms with Crippen molar-refractivity contribution in [2.24, 2.45) is 0 Å². The fourth-order valence-corrected chi connectivity index (χ4v) is 2.63.